The van der Waals surface area contributed by atoms with E-state index in [1.54, 1.807) is 6.07 Å². The second-order valence-corrected chi connectivity index (χ2v) is 7.21. The Balaban J connectivity index is 1.59. The Hall–Kier alpha value is -2.14. The number of hydrogen-bond acceptors (Lipinski definition) is 7. The number of halogens is 3. The van der Waals surface area contributed by atoms with Crippen LogP contribution in [0.3, 0.4) is 0 Å². The van der Waals surface area contributed by atoms with E-state index in [1.165, 1.54) is 12.1 Å². The fourth-order valence-corrected chi connectivity index (χ4v) is 3.40. The minimum Gasteiger partial charge on any atom is -0.423 e. The molecule has 0 bridgehead atoms. The monoisotopic (exact) mass is 427 g/mol. The van der Waals surface area contributed by atoms with Crippen LogP contribution >= 0.6 is 0 Å². The number of hydrogen-bond donors (Lipinski definition) is 4. The second kappa shape index (κ2) is 10.8. The van der Waals surface area contributed by atoms with Crippen LogP contribution in [0.1, 0.15) is 5.56 Å². The maximum absolute atomic E-state index is 13.2. The second-order valence-electron chi connectivity index (χ2n) is 7.21. The van der Waals surface area contributed by atoms with E-state index < -0.39 is 17.4 Å². The van der Waals surface area contributed by atoms with Crippen molar-refractivity contribution in [3.8, 4) is 0 Å². The lowest BCUT2D eigenvalue weighted by Gasteiger charge is -2.24. The number of benzene rings is 1. The molecule has 1 saturated heterocycles. The van der Waals surface area contributed by atoms with E-state index in [0.29, 0.717) is 18.3 Å². The molecule has 0 unspecified atom stereocenters. The molecule has 1 aromatic heterocycles. The van der Waals surface area contributed by atoms with Crippen molar-refractivity contribution in [3.63, 3.8) is 0 Å². The van der Waals surface area contributed by atoms with E-state index in [9.17, 15) is 18.0 Å². The van der Waals surface area contributed by atoms with Crippen LogP contribution in [0.15, 0.2) is 33.5 Å². The van der Waals surface area contributed by atoms with Crippen LogP contribution in [-0.4, -0.2) is 70.3 Å². The molecular weight excluding hydrogens is 399 g/mol. The van der Waals surface area contributed by atoms with Gasteiger partial charge in [-0.2, -0.15) is 13.2 Å². The predicted molar refractivity (Wildman–Crippen MR) is 111 cm³/mol. The topological polar surface area (TPSA) is 81.6 Å². The summed E-state index contributed by atoms with van der Waals surface area (Å²) in [5.74, 6) is 0. The SMILES string of the molecule is O=c1cc(C(F)(F)F)c2ccc(NCCN3CCNCCNCCNCC3)cc2o1. The third-order valence-corrected chi connectivity index (χ3v) is 4.97. The van der Waals surface area contributed by atoms with Gasteiger partial charge in [0.15, 0.2) is 0 Å². The van der Waals surface area contributed by atoms with Crippen LogP contribution in [0.5, 0.6) is 0 Å². The summed E-state index contributed by atoms with van der Waals surface area (Å²) in [6.45, 7) is 8.74. The third-order valence-electron chi connectivity index (χ3n) is 4.97. The van der Waals surface area contributed by atoms with Gasteiger partial charge in [-0.3, -0.25) is 4.90 Å². The maximum Gasteiger partial charge on any atom is 0.417 e. The highest BCUT2D eigenvalue weighted by Crippen LogP contribution is 2.34. The van der Waals surface area contributed by atoms with Gasteiger partial charge >= 0.3 is 11.8 Å². The molecule has 10 heteroatoms. The number of fused-ring (bicyclic) bond motifs is 1. The van der Waals surface area contributed by atoms with Gasteiger partial charge < -0.3 is 25.7 Å². The van der Waals surface area contributed by atoms with Crippen molar-refractivity contribution in [3.05, 3.63) is 40.2 Å². The van der Waals surface area contributed by atoms with E-state index in [1.807, 2.05) is 0 Å². The van der Waals surface area contributed by atoms with Gasteiger partial charge in [0.05, 0.1) is 5.56 Å². The maximum atomic E-state index is 13.2. The summed E-state index contributed by atoms with van der Waals surface area (Å²) in [4.78, 5) is 13.9. The van der Waals surface area contributed by atoms with E-state index in [4.69, 9.17) is 4.42 Å². The molecule has 166 valence electrons. The lowest BCUT2D eigenvalue weighted by atomic mass is 10.1. The third kappa shape index (κ3) is 6.69. The highest BCUT2D eigenvalue weighted by molar-refractivity contribution is 5.83. The average molecular weight is 427 g/mol. The molecule has 0 radical (unpaired) electrons. The first-order valence-electron chi connectivity index (χ1n) is 10.2. The summed E-state index contributed by atoms with van der Waals surface area (Å²) >= 11 is 0. The number of anilines is 1. The molecule has 2 aromatic rings. The molecule has 0 spiro atoms. The number of nitrogens with one attached hydrogen (secondary N) is 4. The summed E-state index contributed by atoms with van der Waals surface area (Å²) in [5, 5.41) is 13.3. The van der Waals surface area contributed by atoms with Crippen molar-refractivity contribution in [2.24, 2.45) is 0 Å². The van der Waals surface area contributed by atoms with Gasteiger partial charge in [-0.25, -0.2) is 4.79 Å². The molecule has 2 heterocycles. The lowest BCUT2D eigenvalue weighted by Crippen LogP contribution is -2.43. The summed E-state index contributed by atoms with van der Waals surface area (Å²) in [6.07, 6.45) is -4.61. The zero-order chi connectivity index (χ0) is 21.4. The predicted octanol–water partition coefficient (Wildman–Crippen LogP) is 1.31. The van der Waals surface area contributed by atoms with Crippen molar-refractivity contribution in [2.45, 2.75) is 6.18 Å². The summed E-state index contributed by atoms with van der Waals surface area (Å²) in [6, 6.07) is 4.84. The normalized spacial score (nSPS) is 18.0. The Bertz CT molecular complexity index is 860. The number of nitrogens with zero attached hydrogens (tertiary/aromatic N) is 1. The summed E-state index contributed by atoms with van der Waals surface area (Å²) < 4.78 is 44.5. The van der Waals surface area contributed by atoms with Gasteiger partial charge in [0.25, 0.3) is 0 Å². The van der Waals surface area contributed by atoms with E-state index >= 15 is 0 Å². The fourth-order valence-electron chi connectivity index (χ4n) is 3.40. The zero-order valence-electron chi connectivity index (χ0n) is 16.8. The summed E-state index contributed by atoms with van der Waals surface area (Å²) in [7, 11) is 0. The molecule has 0 atom stereocenters. The van der Waals surface area contributed by atoms with Gasteiger partial charge in [0.1, 0.15) is 5.58 Å². The largest absolute Gasteiger partial charge is 0.423 e. The smallest absolute Gasteiger partial charge is 0.417 e. The van der Waals surface area contributed by atoms with Crippen molar-refractivity contribution in [1.82, 2.24) is 20.9 Å². The average Bonchev–Trinajstić information content (AvgIpc) is 2.68. The van der Waals surface area contributed by atoms with Crippen LogP contribution in [-0.2, 0) is 6.18 Å². The molecule has 1 aliphatic rings. The van der Waals surface area contributed by atoms with Crippen LogP contribution < -0.4 is 26.9 Å². The Morgan fingerprint density at radius 3 is 2.23 bits per heavy atom. The lowest BCUT2D eigenvalue weighted by molar-refractivity contribution is -0.136. The highest BCUT2D eigenvalue weighted by Gasteiger charge is 2.33. The van der Waals surface area contributed by atoms with Gasteiger partial charge in [-0.05, 0) is 12.1 Å². The molecule has 4 N–H and O–H groups in total. The Morgan fingerprint density at radius 1 is 0.967 bits per heavy atom. The molecular formula is C20H28F3N5O2. The van der Waals surface area contributed by atoms with Crippen molar-refractivity contribution in [1.29, 1.82) is 0 Å². The Kier molecular flexibility index (Phi) is 8.08. The molecule has 3 rings (SSSR count). The Morgan fingerprint density at radius 2 is 1.60 bits per heavy atom. The molecule has 1 aromatic carbocycles. The molecule has 0 aliphatic carbocycles. The Labute approximate surface area is 173 Å². The molecule has 7 nitrogen and oxygen atoms in total. The van der Waals surface area contributed by atoms with Gasteiger partial charge in [-0.15, -0.1) is 0 Å². The van der Waals surface area contributed by atoms with Gasteiger partial charge in [-0.1, -0.05) is 0 Å². The first-order chi connectivity index (χ1) is 14.4. The van der Waals surface area contributed by atoms with Crippen LogP contribution in [0.25, 0.3) is 11.0 Å². The molecule has 30 heavy (non-hydrogen) atoms. The fraction of sp³-hybridized carbons (Fsp3) is 0.550. The summed E-state index contributed by atoms with van der Waals surface area (Å²) in [5.41, 5.74) is -1.45. The van der Waals surface area contributed by atoms with Gasteiger partial charge in [0, 0.05) is 88.7 Å². The first kappa shape index (κ1) is 22.5. The minimum absolute atomic E-state index is 0.0758. The van der Waals surface area contributed by atoms with E-state index in [2.05, 4.69) is 26.2 Å². The van der Waals surface area contributed by atoms with Crippen molar-refractivity contribution < 1.29 is 17.6 Å². The molecule has 1 fully saturated rings. The minimum atomic E-state index is -4.61. The van der Waals surface area contributed by atoms with Gasteiger partial charge in [0.2, 0.25) is 0 Å². The quantitative estimate of drug-likeness (QED) is 0.548. The standard InChI is InChI=1S/C20H28F3N5O2/c21-20(22,23)17-14-19(29)30-18-13-15(1-2-16(17)18)27-9-12-28-10-7-25-5-3-24-4-6-26-8-11-28/h1-2,13-14,24-27H,3-12H2. The molecule has 0 amide bonds. The van der Waals surface area contributed by atoms with Crippen molar-refractivity contribution >= 4 is 16.7 Å². The number of rotatable bonds is 4. The van der Waals surface area contributed by atoms with Crippen LogP contribution in [0.2, 0.25) is 0 Å². The highest BCUT2D eigenvalue weighted by atomic mass is 19.4. The van der Waals surface area contributed by atoms with E-state index in [-0.39, 0.29) is 11.0 Å². The van der Waals surface area contributed by atoms with Crippen LogP contribution in [0.4, 0.5) is 18.9 Å². The molecule has 1 aliphatic heterocycles. The van der Waals surface area contributed by atoms with Crippen LogP contribution in [0, 0.1) is 0 Å². The molecule has 0 saturated carbocycles. The first-order valence-corrected chi connectivity index (χ1v) is 10.2. The van der Waals surface area contributed by atoms with E-state index in [0.717, 1.165) is 58.9 Å². The number of alkyl halides is 3. The van der Waals surface area contributed by atoms with Crippen molar-refractivity contribution in [2.75, 3.05) is 70.8 Å². The zero-order valence-corrected chi connectivity index (χ0v) is 16.8.